The molecule has 5 heteroatoms. The fraction of sp³-hybridized carbons (Fsp3) is 0.250. The fourth-order valence-corrected chi connectivity index (χ4v) is 2.60. The SMILES string of the molecule is SCc1csc(CCOc2ccccc2Cl)n1. The summed E-state index contributed by atoms with van der Waals surface area (Å²) in [6.07, 6.45) is 0.795. The highest BCUT2D eigenvalue weighted by molar-refractivity contribution is 7.79. The summed E-state index contributed by atoms with van der Waals surface area (Å²) in [5.74, 6) is 1.40. The van der Waals surface area contributed by atoms with Gasteiger partial charge in [0.2, 0.25) is 0 Å². The van der Waals surface area contributed by atoms with E-state index in [9.17, 15) is 0 Å². The smallest absolute Gasteiger partial charge is 0.137 e. The van der Waals surface area contributed by atoms with Crippen LogP contribution >= 0.6 is 35.6 Å². The third-order valence-corrected chi connectivity index (χ3v) is 3.77. The van der Waals surface area contributed by atoms with Crippen LogP contribution < -0.4 is 4.74 Å². The second kappa shape index (κ2) is 6.28. The highest BCUT2D eigenvalue weighted by Gasteiger charge is 2.03. The Hall–Kier alpha value is -0.710. The number of hydrogen-bond acceptors (Lipinski definition) is 4. The molecule has 1 heterocycles. The number of rotatable bonds is 5. The van der Waals surface area contributed by atoms with Gasteiger partial charge in [-0.1, -0.05) is 23.7 Å². The molecule has 0 bridgehead atoms. The fourth-order valence-electron chi connectivity index (χ4n) is 1.35. The Kier molecular flexibility index (Phi) is 4.71. The zero-order valence-electron chi connectivity index (χ0n) is 9.10. The number of nitrogens with zero attached hydrogens (tertiary/aromatic N) is 1. The predicted octanol–water partition coefficient (Wildman–Crippen LogP) is 3.85. The van der Waals surface area contributed by atoms with E-state index in [4.69, 9.17) is 16.3 Å². The molecule has 0 unspecified atom stereocenters. The van der Waals surface area contributed by atoms with Crippen LogP contribution in [0.25, 0.3) is 0 Å². The third-order valence-electron chi connectivity index (χ3n) is 2.17. The minimum Gasteiger partial charge on any atom is -0.492 e. The van der Waals surface area contributed by atoms with Crippen molar-refractivity contribution in [3.8, 4) is 5.75 Å². The van der Waals surface area contributed by atoms with Crippen LogP contribution in [0, 0.1) is 0 Å². The van der Waals surface area contributed by atoms with Crippen molar-refractivity contribution in [2.45, 2.75) is 12.2 Å². The van der Waals surface area contributed by atoms with Gasteiger partial charge < -0.3 is 4.74 Å². The molecule has 0 N–H and O–H groups in total. The molecule has 0 aliphatic carbocycles. The number of benzene rings is 1. The minimum atomic E-state index is 0.587. The molecule has 0 saturated heterocycles. The lowest BCUT2D eigenvalue weighted by atomic mass is 10.3. The largest absolute Gasteiger partial charge is 0.492 e. The predicted molar refractivity (Wildman–Crippen MR) is 75.5 cm³/mol. The Morgan fingerprint density at radius 2 is 2.18 bits per heavy atom. The number of thiazole rings is 1. The molecule has 2 rings (SSSR count). The summed E-state index contributed by atoms with van der Waals surface area (Å²) in [6, 6.07) is 7.47. The van der Waals surface area contributed by atoms with Crippen molar-refractivity contribution in [3.05, 3.63) is 45.4 Å². The zero-order chi connectivity index (χ0) is 12.1. The van der Waals surface area contributed by atoms with Gasteiger partial charge >= 0.3 is 0 Å². The van der Waals surface area contributed by atoms with E-state index in [1.165, 1.54) is 0 Å². The Morgan fingerprint density at radius 1 is 1.35 bits per heavy atom. The van der Waals surface area contributed by atoms with Crippen LogP contribution in [-0.4, -0.2) is 11.6 Å². The molecule has 0 saturated carbocycles. The van der Waals surface area contributed by atoms with Crippen LogP contribution in [0.2, 0.25) is 5.02 Å². The molecule has 1 aromatic heterocycles. The van der Waals surface area contributed by atoms with Crippen LogP contribution in [0.1, 0.15) is 10.7 Å². The van der Waals surface area contributed by atoms with Crippen LogP contribution in [0.4, 0.5) is 0 Å². The summed E-state index contributed by atoms with van der Waals surface area (Å²) in [6.45, 7) is 0.587. The number of ether oxygens (including phenoxy) is 1. The maximum Gasteiger partial charge on any atom is 0.137 e. The molecular formula is C12H12ClNOS2. The summed E-state index contributed by atoms with van der Waals surface area (Å²) < 4.78 is 5.60. The lowest BCUT2D eigenvalue weighted by molar-refractivity contribution is 0.322. The molecule has 0 spiro atoms. The molecule has 0 radical (unpaired) electrons. The maximum absolute atomic E-state index is 5.98. The van der Waals surface area contributed by atoms with Gasteiger partial charge in [0.25, 0.3) is 0 Å². The first-order chi connectivity index (χ1) is 8.29. The average molecular weight is 286 g/mol. The molecular weight excluding hydrogens is 274 g/mol. The molecule has 2 aromatic rings. The number of hydrogen-bond donors (Lipinski definition) is 1. The van der Waals surface area contributed by atoms with E-state index < -0.39 is 0 Å². The second-order valence-electron chi connectivity index (χ2n) is 3.42. The van der Waals surface area contributed by atoms with E-state index in [0.717, 1.165) is 22.9 Å². The van der Waals surface area contributed by atoms with Gasteiger partial charge in [0.05, 0.1) is 22.3 Å². The van der Waals surface area contributed by atoms with Crippen molar-refractivity contribution >= 4 is 35.6 Å². The van der Waals surface area contributed by atoms with Crippen molar-refractivity contribution in [2.24, 2.45) is 0 Å². The molecule has 0 amide bonds. The van der Waals surface area contributed by atoms with Crippen molar-refractivity contribution < 1.29 is 4.74 Å². The number of aromatic nitrogens is 1. The summed E-state index contributed by atoms with van der Waals surface area (Å²) >= 11 is 11.8. The Bertz CT molecular complexity index is 487. The van der Waals surface area contributed by atoms with Crippen molar-refractivity contribution in [1.29, 1.82) is 0 Å². The van der Waals surface area contributed by atoms with E-state index >= 15 is 0 Å². The summed E-state index contributed by atoms with van der Waals surface area (Å²) in [5, 5.41) is 3.74. The monoisotopic (exact) mass is 285 g/mol. The quantitative estimate of drug-likeness (QED) is 0.843. The first kappa shape index (κ1) is 12.7. The highest BCUT2D eigenvalue weighted by Crippen LogP contribution is 2.23. The van der Waals surface area contributed by atoms with E-state index in [2.05, 4.69) is 17.6 Å². The van der Waals surface area contributed by atoms with Gasteiger partial charge in [-0.25, -0.2) is 4.98 Å². The highest BCUT2D eigenvalue weighted by atomic mass is 35.5. The van der Waals surface area contributed by atoms with Crippen LogP contribution in [0.15, 0.2) is 29.6 Å². The van der Waals surface area contributed by atoms with Crippen LogP contribution in [0.3, 0.4) is 0 Å². The molecule has 90 valence electrons. The Balaban J connectivity index is 1.85. The van der Waals surface area contributed by atoms with Gasteiger partial charge in [0.1, 0.15) is 5.75 Å². The van der Waals surface area contributed by atoms with Gasteiger partial charge in [-0.05, 0) is 12.1 Å². The molecule has 1 aromatic carbocycles. The Morgan fingerprint density at radius 3 is 2.88 bits per heavy atom. The average Bonchev–Trinajstić information content (AvgIpc) is 2.80. The van der Waals surface area contributed by atoms with E-state index in [1.807, 2.05) is 29.6 Å². The minimum absolute atomic E-state index is 0.587. The van der Waals surface area contributed by atoms with Gasteiger partial charge in [-0.3, -0.25) is 0 Å². The summed E-state index contributed by atoms with van der Waals surface area (Å²) in [7, 11) is 0. The summed E-state index contributed by atoms with van der Waals surface area (Å²) in [4.78, 5) is 4.41. The Labute approximate surface area is 115 Å². The number of thiol groups is 1. The standard InChI is InChI=1S/C12H12ClNOS2/c13-10-3-1-2-4-11(10)15-6-5-12-14-9(7-16)8-17-12/h1-4,8,16H,5-7H2. The van der Waals surface area contributed by atoms with Crippen molar-refractivity contribution in [1.82, 2.24) is 4.98 Å². The summed E-state index contributed by atoms with van der Waals surface area (Å²) in [5.41, 5.74) is 1.02. The molecule has 2 nitrogen and oxygen atoms in total. The number of halogens is 1. The van der Waals surface area contributed by atoms with Crippen molar-refractivity contribution in [2.75, 3.05) is 6.61 Å². The molecule has 0 aliphatic rings. The van der Waals surface area contributed by atoms with E-state index in [-0.39, 0.29) is 0 Å². The normalized spacial score (nSPS) is 10.5. The molecule has 0 aliphatic heterocycles. The van der Waals surface area contributed by atoms with Crippen molar-refractivity contribution in [3.63, 3.8) is 0 Å². The molecule has 17 heavy (non-hydrogen) atoms. The second-order valence-corrected chi connectivity index (χ2v) is 5.09. The maximum atomic E-state index is 5.98. The molecule has 0 atom stereocenters. The first-order valence-corrected chi connectivity index (χ1v) is 7.10. The molecule has 0 fully saturated rings. The van der Waals surface area contributed by atoms with Crippen LogP contribution in [-0.2, 0) is 12.2 Å². The number of para-hydroxylation sites is 1. The van der Waals surface area contributed by atoms with E-state index in [0.29, 0.717) is 17.4 Å². The van der Waals surface area contributed by atoms with Gasteiger partial charge in [0, 0.05) is 17.6 Å². The van der Waals surface area contributed by atoms with Gasteiger partial charge in [-0.15, -0.1) is 11.3 Å². The van der Waals surface area contributed by atoms with Gasteiger partial charge in [-0.2, -0.15) is 12.6 Å². The van der Waals surface area contributed by atoms with Crippen LogP contribution in [0.5, 0.6) is 5.75 Å². The lowest BCUT2D eigenvalue weighted by Gasteiger charge is -2.06. The van der Waals surface area contributed by atoms with E-state index in [1.54, 1.807) is 11.3 Å². The topological polar surface area (TPSA) is 22.1 Å². The third kappa shape index (κ3) is 3.63. The zero-order valence-corrected chi connectivity index (χ0v) is 11.6. The van der Waals surface area contributed by atoms with Gasteiger partial charge in [0.15, 0.2) is 0 Å². The first-order valence-electron chi connectivity index (χ1n) is 5.21. The lowest BCUT2D eigenvalue weighted by Crippen LogP contribution is -2.01.